The van der Waals surface area contributed by atoms with Crippen LogP contribution in [0.15, 0.2) is 0 Å². The van der Waals surface area contributed by atoms with Gasteiger partial charge in [0.1, 0.15) is 116 Å². The lowest BCUT2D eigenvalue weighted by Crippen LogP contribution is -2.71. The van der Waals surface area contributed by atoms with E-state index in [1.54, 1.807) is 0 Å². The van der Waals surface area contributed by atoms with E-state index in [1.807, 2.05) is 0 Å². The maximum absolute atomic E-state index is 12.8. The number of aliphatic hydroxyl groups is 15. The molecule has 5 rings (SSSR count). The lowest BCUT2D eigenvalue weighted by Gasteiger charge is -2.51. The van der Waals surface area contributed by atoms with Gasteiger partial charge in [0.2, 0.25) is 5.91 Å². The molecule has 0 spiro atoms. The highest BCUT2D eigenvalue weighted by Gasteiger charge is 2.60. The maximum atomic E-state index is 12.8. The van der Waals surface area contributed by atoms with E-state index in [4.69, 9.17) is 48.4 Å². The van der Waals surface area contributed by atoms with E-state index in [0.717, 1.165) is 6.92 Å². The van der Waals surface area contributed by atoms with Crippen LogP contribution in [0.3, 0.4) is 0 Å². The van der Waals surface area contributed by atoms with Crippen LogP contribution in [0, 0.1) is 0 Å². The van der Waals surface area contributed by atoms with E-state index in [-0.39, 0.29) is 0 Å². The molecule has 20 N–H and O–H groups in total. The first-order valence-electron chi connectivity index (χ1n) is 21.0. The minimum absolute atomic E-state index is 0.907. The van der Waals surface area contributed by atoms with E-state index in [2.05, 4.69) is 9.50 Å². The first kappa shape index (κ1) is 57.7. The molecule has 0 aliphatic carbocycles. The maximum Gasteiger partial charge on any atom is 0.397 e. The van der Waals surface area contributed by atoms with Crippen LogP contribution in [-0.4, -0.2) is 299 Å². The molecule has 0 saturated carbocycles. The Morgan fingerprint density at radius 3 is 1.71 bits per heavy atom. The van der Waals surface area contributed by atoms with Crippen molar-refractivity contribution in [2.45, 2.75) is 172 Å². The number of ether oxygens (including phenoxy) is 9. The number of amides is 1. The summed E-state index contributed by atoms with van der Waals surface area (Å²) in [5.74, 6) is -6.22. The fourth-order valence-electron chi connectivity index (χ4n) is 8.30. The molecule has 26 atom stereocenters. The Kier molecular flexibility index (Phi) is 19.9. The van der Waals surface area contributed by atoms with Crippen molar-refractivity contribution in [1.29, 1.82) is 0 Å². The summed E-state index contributed by atoms with van der Waals surface area (Å²) in [6.45, 7) is -4.71. The second-order valence-corrected chi connectivity index (χ2v) is 17.8. The average Bonchev–Trinajstić information content (AvgIpc) is 3.29. The molecule has 0 aromatic carbocycles. The van der Waals surface area contributed by atoms with Crippen molar-refractivity contribution >= 4 is 22.3 Å². The molecular formula is C35H60N2O31S. The topological polar surface area (TPSA) is 543 Å². The van der Waals surface area contributed by atoms with Gasteiger partial charge < -0.3 is 135 Å². The smallest absolute Gasteiger partial charge is 0.397 e. The molecule has 0 radical (unpaired) electrons. The zero-order valence-electron chi connectivity index (χ0n) is 36.0. The van der Waals surface area contributed by atoms with Crippen molar-refractivity contribution in [2.75, 3.05) is 33.0 Å². The van der Waals surface area contributed by atoms with Crippen LogP contribution in [0.4, 0.5) is 0 Å². The molecule has 69 heavy (non-hydrogen) atoms. The van der Waals surface area contributed by atoms with Crippen molar-refractivity contribution < 1.29 is 151 Å². The van der Waals surface area contributed by atoms with Gasteiger partial charge in [-0.25, -0.2) is 8.98 Å². The molecule has 5 heterocycles. The van der Waals surface area contributed by atoms with Crippen LogP contribution in [0.5, 0.6) is 0 Å². The summed E-state index contributed by atoms with van der Waals surface area (Å²) in [5.41, 5.74) is 5.90. The van der Waals surface area contributed by atoms with Gasteiger partial charge >= 0.3 is 16.4 Å². The zero-order chi connectivity index (χ0) is 51.6. The Morgan fingerprint density at radius 2 is 1.20 bits per heavy atom. The normalized spacial score (nSPS) is 46.4. The van der Waals surface area contributed by atoms with Crippen molar-refractivity contribution in [2.24, 2.45) is 5.73 Å². The lowest BCUT2D eigenvalue weighted by molar-refractivity contribution is -0.389. The fourth-order valence-corrected chi connectivity index (χ4v) is 8.60. The summed E-state index contributed by atoms with van der Waals surface area (Å²) in [5, 5.41) is 171. The second kappa shape index (κ2) is 23.8. The average molecular weight is 1040 g/mol. The minimum Gasteiger partial charge on any atom is -0.477 e. The monoisotopic (exact) mass is 1040 g/mol. The third-order valence-corrected chi connectivity index (χ3v) is 12.4. The number of carboxylic acid groups (broad SMARTS) is 1. The van der Waals surface area contributed by atoms with Crippen molar-refractivity contribution in [3.63, 3.8) is 0 Å². The van der Waals surface area contributed by atoms with Crippen LogP contribution in [-0.2, 0) is 66.8 Å². The molecule has 0 unspecified atom stereocenters. The number of hydrogen-bond donors (Lipinski definition) is 19. The zero-order valence-corrected chi connectivity index (χ0v) is 36.8. The SMILES string of the molecule is CC(=O)N[C@H]1[C@H](O[C@H]2[C@@H](O)[C@@H](CO)O[C@@H](O[C@H]3[C@H](O)[C@@H](O)[C@H](O)O[C@@H]3CO)[C@@H]2O)O[C@H](COS(=O)(=O)O)[C@@H](O[C@@H]2O[C@H](CO)[C@H](O)[C@H](O[C@]3(C(=O)O)C[C@H](O)[C@@H](N)[C@H]([C@H](O)[C@H](O)CO)O3)[C@H]2O)[C@@H]1O. The number of rotatable bonds is 19. The number of hydrogen-bond acceptors (Lipinski definition) is 30. The number of aliphatic carboxylic acids is 1. The van der Waals surface area contributed by atoms with Crippen molar-refractivity contribution in [3.8, 4) is 0 Å². The Hall–Kier alpha value is -2.19. The molecule has 33 nitrogen and oxygen atoms in total. The van der Waals surface area contributed by atoms with Crippen LogP contribution < -0.4 is 11.1 Å². The van der Waals surface area contributed by atoms with Gasteiger partial charge in [-0.15, -0.1) is 0 Å². The molecule has 5 aliphatic heterocycles. The number of carbonyl (C=O) groups is 2. The molecule has 0 aromatic rings. The molecule has 402 valence electrons. The van der Waals surface area contributed by atoms with Crippen molar-refractivity contribution in [3.05, 3.63) is 0 Å². The summed E-state index contributed by atoms with van der Waals surface area (Å²) in [7, 11) is -5.40. The van der Waals surface area contributed by atoms with Gasteiger partial charge in [-0.05, 0) is 0 Å². The fraction of sp³-hybridized carbons (Fsp3) is 0.943. The number of carboxylic acids is 1. The number of aliphatic hydroxyl groups excluding tert-OH is 15. The van der Waals surface area contributed by atoms with Crippen molar-refractivity contribution in [1.82, 2.24) is 5.32 Å². The molecule has 5 saturated heterocycles. The van der Waals surface area contributed by atoms with E-state index < -0.39 is 221 Å². The lowest BCUT2D eigenvalue weighted by atomic mass is 9.88. The first-order valence-corrected chi connectivity index (χ1v) is 22.3. The van der Waals surface area contributed by atoms with Crippen LogP contribution in [0.25, 0.3) is 0 Å². The molecule has 1 amide bonds. The third-order valence-electron chi connectivity index (χ3n) is 12.0. The number of nitrogens with one attached hydrogen (secondary N) is 1. The highest BCUT2D eigenvalue weighted by molar-refractivity contribution is 7.80. The Labute approximate surface area is 389 Å². The summed E-state index contributed by atoms with van der Waals surface area (Å²) in [4.78, 5) is 25.4. The Balaban J connectivity index is 1.46. The van der Waals surface area contributed by atoms with E-state index in [1.165, 1.54) is 0 Å². The van der Waals surface area contributed by atoms with Gasteiger partial charge in [-0.3, -0.25) is 9.35 Å². The molecule has 5 fully saturated rings. The van der Waals surface area contributed by atoms with Crippen LogP contribution in [0.1, 0.15) is 13.3 Å². The van der Waals surface area contributed by atoms with Gasteiger partial charge in [-0.1, -0.05) is 0 Å². The summed E-state index contributed by atoms with van der Waals surface area (Å²) in [6, 6.07) is -3.61. The van der Waals surface area contributed by atoms with Gasteiger partial charge in [0.15, 0.2) is 25.2 Å². The highest BCUT2D eigenvalue weighted by Crippen LogP contribution is 2.39. The second-order valence-electron chi connectivity index (χ2n) is 16.7. The third kappa shape index (κ3) is 12.8. The molecule has 34 heteroatoms. The van der Waals surface area contributed by atoms with Gasteiger partial charge in [-0.2, -0.15) is 8.42 Å². The largest absolute Gasteiger partial charge is 0.477 e. The van der Waals surface area contributed by atoms with E-state index in [0.29, 0.717) is 0 Å². The standard InChI is InChI=1S/C35H60N2O31S/c1-8(42)37-16-20(48)26(65-33-24(52)29(19(47)12(5-40)62-33)68-35(34(54)55)2-9(43)15(36)27(67-35)17(45)10(44)3-38)14(7-59-69(56,57)58)63-31(16)66-28-18(46)11(4-39)61-32(23(28)51)64-25-13(6-41)60-30(53)22(50)21(25)49/h9-33,38-41,43-53H,2-7,36H2,1H3,(H,37,42)(H,54,55)(H,56,57,58)/t9-,10+,11+,12+,13+,14+,15+,16+,17+,18-,19-,20+,21+,22+,23+,24+,25+,26+,27+,28-,29-,30+,31-,32-,33-,35-/m0/s1. The van der Waals surface area contributed by atoms with E-state index >= 15 is 0 Å². The summed E-state index contributed by atoms with van der Waals surface area (Å²) >= 11 is 0. The molecule has 0 bridgehead atoms. The van der Waals surface area contributed by atoms with Gasteiger partial charge in [0.05, 0.1) is 45.2 Å². The molecule has 0 aromatic heterocycles. The van der Waals surface area contributed by atoms with Crippen LogP contribution in [0.2, 0.25) is 0 Å². The van der Waals surface area contributed by atoms with Crippen LogP contribution >= 0.6 is 0 Å². The molecule has 5 aliphatic rings. The first-order chi connectivity index (χ1) is 32.2. The predicted molar refractivity (Wildman–Crippen MR) is 208 cm³/mol. The highest BCUT2D eigenvalue weighted by atomic mass is 32.3. The quantitative estimate of drug-likeness (QED) is 0.0534. The Morgan fingerprint density at radius 1 is 0.696 bits per heavy atom. The number of nitrogens with two attached hydrogens (primary N) is 1. The Bertz CT molecular complexity index is 1790. The summed E-state index contributed by atoms with van der Waals surface area (Å²) in [6.07, 6.45) is -49.0. The summed E-state index contributed by atoms with van der Waals surface area (Å²) < 4.78 is 87.6. The van der Waals surface area contributed by atoms with E-state index in [9.17, 15) is 104 Å². The predicted octanol–water partition coefficient (Wildman–Crippen LogP) is -12.8. The minimum atomic E-state index is -5.40. The van der Waals surface area contributed by atoms with Gasteiger partial charge in [0.25, 0.3) is 5.79 Å². The molecular weight excluding hydrogens is 976 g/mol. The van der Waals surface area contributed by atoms with Gasteiger partial charge in [0, 0.05) is 13.3 Å². The number of carbonyl (C=O) groups excluding carboxylic acids is 1.